The molecular weight excluding hydrogens is 351 g/mol. The van der Waals surface area contributed by atoms with E-state index in [1.807, 2.05) is 32.9 Å². The van der Waals surface area contributed by atoms with Gasteiger partial charge in [0, 0.05) is 0 Å². The number of carbonyl (C=O) groups is 1. The van der Waals surface area contributed by atoms with Gasteiger partial charge < -0.3 is 13.8 Å². The van der Waals surface area contributed by atoms with E-state index in [0.29, 0.717) is 17.9 Å². The Kier molecular flexibility index (Phi) is 6.87. The molecule has 0 aromatic heterocycles. The first-order chi connectivity index (χ1) is 12.3. The van der Waals surface area contributed by atoms with Crippen LogP contribution in [-0.2, 0) is 14.1 Å². The minimum atomic E-state index is -3.56. The van der Waals surface area contributed by atoms with Gasteiger partial charge in [-0.15, -0.1) is 0 Å². The molecule has 0 spiro atoms. The second-order valence-corrected chi connectivity index (χ2v) is 8.55. The first kappa shape index (κ1) is 20.1. The van der Waals surface area contributed by atoms with Crippen molar-refractivity contribution in [1.82, 2.24) is 0 Å². The molecule has 0 aliphatic carbocycles. The predicted octanol–water partition coefficient (Wildman–Crippen LogP) is 5.32. The molecule has 26 heavy (non-hydrogen) atoms. The molecule has 0 unspecified atom stereocenters. The van der Waals surface area contributed by atoms with Gasteiger partial charge in [-0.3, -0.25) is 4.79 Å². The highest BCUT2D eigenvalue weighted by Crippen LogP contribution is 2.48. The molecule has 2 aromatic carbocycles. The molecule has 2 rings (SSSR count). The number of esters is 1. The van der Waals surface area contributed by atoms with E-state index in [2.05, 4.69) is 0 Å². The molecule has 0 saturated heterocycles. The number of carbonyl (C=O) groups excluding carboxylic acids is 1. The zero-order valence-corrected chi connectivity index (χ0v) is 16.3. The Labute approximate surface area is 154 Å². The summed E-state index contributed by atoms with van der Waals surface area (Å²) in [5.74, 6) is 0.546. The number of para-hydroxylation sites is 2. The predicted molar refractivity (Wildman–Crippen MR) is 102 cm³/mol. The molecule has 0 heterocycles. The second kappa shape index (κ2) is 8.91. The van der Waals surface area contributed by atoms with Crippen molar-refractivity contribution in [3.05, 3.63) is 60.7 Å². The Morgan fingerprint density at radius 2 is 1.38 bits per heavy atom. The van der Waals surface area contributed by atoms with Gasteiger partial charge in [-0.1, -0.05) is 43.3 Å². The minimum absolute atomic E-state index is 0.0394. The van der Waals surface area contributed by atoms with Crippen LogP contribution in [0, 0.1) is 5.41 Å². The fraction of sp³-hybridized carbons (Fsp3) is 0.350. The molecule has 5 nitrogen and oxygen atoms in total. The standard InChI is InChI=1S/C20H25O5P/c1-4-20(2,3)19(21)23-15-16-26(22,24-17-11-7-5-8-12-17)25-18-13-9-6-10-14-18/h5-14H,4,15-16H2,1-3H3. The van der Waals surface area contributed by atoms with Crippen LogP contribution in [-0.4, -0.2) is 18.7 Å². The highest BCUT2D eigenvalue weighted by molar-refractivity contribution is 7.54. The van der Waals surface area contributed by atoms with E-state index >= 15 is 0 Å². The summed E-state index contributed by atoms with van der Waals surface area (Å²) in [6.45, 7) is 5.51. The first-order valence-electron chi connectivity index (χ1n) is 8.60. The van der Waals surface area contributed by atoms with Crippen LogP contribution >= 0.6 is 7.60 Å². The molecule has 0 bridgehead atoms. The molecule has 0 amide bonds. The lowest BCUT2D eigenvalue weighted by atomic mass is 9.91. The monoisotopic (exact) mass is 376 g/mol. The highest BCUT2D eigenvalue weighted by Gasteiger charge is 2.31. The minimum Gasteiger partial charge on any atom is -0.465 e. The van der Waals surface area contributed by atoms with Gasteiger partial charge >= 0.3 is 13.6 Å². The molecule has 0 aliphatic rings. The molecule has 0 aliphatic heterocycles. The molecule has 0 atom stereocenters. The van der Waals surface area contributed by atoms with E-state index < -0.39 is 13.0 Å². The Balaban J connectivity index is 2.08. The summed E-state index contributed by atoms with van der Waals surface area (Å²) in [6, 6.07) is 17.6. The molecule has 6 heteroatoms. The summed E-state index contributed by atoms with van der Waals surface area (Å²) in [5, 5.41) is 0. The van der Waals surface area contributed by atoms with Crippen molar-refractivity contribution < 1.29 is 23.1 Å². The Morgan fingerprint density at radius 1 is 0.923 bits per heavy atom. The maximum Gasteiger partial charge on any atom is 0.434 e. The Morgan fingerprint density at radius 3 is 1.81 bits per heavy atom. The van der Waals surface area contributed by atoms with Crippen molar-refractivity contribution in [3.63, 3.8) is 0 Å². The number of hydrogen-bond acceptors (Lipinski definition) is 5. The third kappa shape index (κ3) is 5.92. The van der Waals surface area contributed by atoms with Gasteiger partial charge in [0.25, 0.3) is 0 Å². The van der Waals surface area contributed by atoms with E-state index in [4.69, 9.17) is 13.8 Å². The van der Waals surface area contributed by atoms with E-state index in [1.54, 1.807) is 48.5 Å². The lowest BCUT2D eigenvalue weighted by Crippen LogP contribution is -2.27. The van der Waals surface area contributed by atoms with E-state index in [1.165, 1.54) is 0 Å². The topological polar surface area (TPSA) is 61.8 Å². The van der Waals surface area contributed by atoms with E-state index in [-0.39, 0.29) is 18.7 Å². The molecular formula is C20H25O5P. The molecule has 0 saturated carbocycles. The van der Waals surface area contributed by atoms with Crippen LogP contribution in [0.5, 0.6) is 11.5 Å². The highest BCUT2D eigenvalue weighted by atomic mass is 31.2. The normalized spacial score (nSPS) is 11.7. The van der Waals surface area contributed by atoms with Gasteiger partial charge in [-0.05, 0) is 44.5 Å². The average Bonchev–Trinajstić information content (AvgIpc) is 2.63. The molecule has 140 valence electrons. The number of benzene rings is 2. The molecule has 0 radical (unpaired) electrons. The quantitative estimate of drug-likeness (QED) is 0.438. The second-order valence-electron chi connectivity index (χ2n) is 6.52. The molecule has 0 fully saturated rings. The SMILES string of the molecule is CCC(C)(C)C(=O)OCCP(=O)(Oc1ccccc1)Oc1ccccc1. The lowest BCUT2D eigenvalue weighted by molar-refractivity contribution is -0.153. The average molecular weight is 376 g/mol. The van der Waals surface area contributed by atoms with E-state index in [9.17, 15) is 9.36 Å². The summed E-state index contributed by atoms with van der Waals surface area (Å²) >= 11 is 0. The lowest BCUT2D eigenvalue weighted by Gasteiger charge is -2.22. The third-order valence-electron chi connectivity index (χ3n) is 4.01. The van der Waals surface area contributed by atoms with E-state index in [0.717, 1.165) is 0 Å². The van der Waals surface area contributed by atoms with Crippen molar-refractivity contribution in [1.29, 1.82) is 0 Å². The van der Waals surface area contributed by atoms with Crippen LogP contribution in [0.25, 0.3) is 0 Å². The molecule has 2 aromatic rings. The van der Waals surface area contributed by atoms with Crippen molar-refractivity contribution in [2.75, 3.05) is 12.8 Å². The maximum absolute atomic E-state index is 13.2. The fourth-order valence-corrected chi connectivity index (χ4v) is 3.40. The van der Waals surface area contributed by atoms with Gasteiger partial charge in [0.2, 0.25) is 0 Å². The summed E-state index contributed by atoms with van der Waals surface area (Å²) in [5.41, 5.74) is -0.579. The summed E-state index contributed by atoms with van der Waals surface area (Å²) in [7, 11) is -3.56. The van der Waals surface area contributed by atoms with Crippen molar-refractivity contribution in [2.45, 2.75) is 27.2 Å². The van der Waals surface area contributed by atoms with Crippen LogP contribution in [0.1, 0.15) is 27.2 Å². The summed E-state index contributed by atoms with van der Waals surface area (Å²) in [6.07, 6.45) is 0.618. The van der Waals surface area contributed by atoms with Crippen molar-refractivity contribution >= 4 is 13.6 Å². The first-order valence-corrected chi connectivity index (χ1v) is 10.3. The van der Waals surface area contributed by atoms with Gasteiger partial charge in [0.15, 0.2) is 0 Å². The van der Waals surface area contributed by atoms with Crippen LogP contribution in [0.4, 0.5) is 0 Å². The maximum atomic E-state index is 13.2. The van der Waals surface area contributed by atoms with Crippen LogP contribution in [0.15, 0.2) is 60.7 Å². The Bertz CT molecular complexity index is 698. The van der Waals surface area contributed by atoms with Crippen molar-refractivity contribution in [3.8, 4) is 11.5 Å². The Hall–Kier alpha value is -2.26. The largest absolute Gasteiger partial charge is 0.465 e. The van der Waals surface area contributed by atoms with Crippen LogP contribution in [0.2, 0.25) is 0 Å². The summed E-state index contributed by atoms with van der Waals surface area (Å²) in [4.78, 5) is 12.1. The van der Waals surface area contributed by atoms with Gasteiger partial charge in [-0.2, -0.15) is 0 Å². The van der Waals surface area contributed by atoms with Crippen molar-refractivity contribution in [2.24, 2.45) is 5.41 Å². The number of ether oxygens (including phenoxy) is 1. The number of rotatable bonds is 9. The zero-order valence-electron chi connectivity index (χ0n) is 15.4. The smallest absolute Gasteiger partial charge is 0.434 e. The zero-order chi connectivity index (χ0) is 19.0. The third-order valence-corrected chi connectivity index (χ3v) is 5.72. The van der Waals surface area contributed by atoms with Gasteiger partial charge in [-0.25, -0.2) is 4.57 Å². The van der Waals surface area contributed by atoms with Crippen LogP contribution in [0.3, 0.4) is 0 Å². The van der Waals surface area contributed by atoms with Crippen LogP contribution < -0.4 is 9.05 Å². The van der Waals surface area contributed by atoms with Gasteiger partial charge in [0.05, 0.1) is 5.41 Å². The molecule has 0 N–H and O–H groups in total. The fourth-order valence-electron chi connectivity index (χ4n) is 1.98. The number of hydrogen-bond donors (Lipinski definition) is 0. The summed E-state index contributed by atoms with van der Waals surface area (Å²) < 4.78 is 29.8. The van der Waals surface area contributed by atoms with Gasteiger partial charge in [0.1, 0.15) is 24.3 Å².